The molecule has 0 spiro atoms. The summed E-state index contributed by atoms with van der Waals surface area (Å²) in [4.78, 5) is 44.5. The Morgan fingerprint density at radius 2 is 1.44 bits per heavy atom. The third-order valence-corrected chi connectivity index (χ3v) is 3.59. The molecule has 142 valence electrons. The highest BCUT2D eigenvalue weighted by atomic mass is 16.5. The molecule has 9 nitrogen and oxygen atoms in total. The quantitative estimate of drug-likeness (QED) is 0.265. The van der Waals surface area contributed by atoms with E-state index in [1.54, 1.807) is 37.4 Å². The molecule has 3 rings (SSSR count). The molecule has 1 amide bonds. The maximum absolute atomic E-state index is 11.2. The van der Waals surface area contributed by atoms with E-state index in [1.165, 1.54) is 19.2 Å². The van der Waals surface area contributed by atoms with E-state index >= 15 is 0 Å². The minimum atomic E-state index is -0.965. The SMILES string of the molecule is COc1ccc2c(=O)c(=O)c(=O)c2c1.COc1cccc(C(=O)NN)c1.O. The number of carbonyl (C=O) groups excluding carboxylic acids is 1. The molecular weight excluding hydrogens is 356 g/mol. The van der Waals surface area contributed by atoms with Crippen LogP contribution in [0.25, 0.3) is 10.8 Å². The van der Waals surface area contributed by atoms with E-state index in [2.05, 4.69) is 0 Å². The van der Waals surface area contributed by atoms with Gasteiger partial charge in [-0.1, -0.05) is 6.07 Å². The number of amides is 1. The number of hydrogen-bond acceptors (Lipinski definition) is 7. The number of nitrogens with two attached hydrogens (primary N) is 1. The fourth-order valence-electron chi connectivity index (χ4n) is 2.23. The maximum atomic E-state index is 11.2. The van der Waals surface area contributed by atoms with Crippen LogP contribution in [0.5, 0.6) is 11.5 Å². The molecule has 0 aliphatic heterocycles. The molecule has 5 N–H and O–H groups in total. The van der Waals surface area contributed by atoms with Crippen LogP contribution < -0.4 is 37.0 Å². The zero-order chi connectivity index (χ0) is 19.3. The first-order chi connectivity index (χ1) is 12.4. The molecule has 0 heterocycles. The molecule has 0 aromatic heterocycles. The first kappa shape index (κ1) is 21.5. The molecule has 0 saturated heterocycles. The van der Waals surface area contributed by atoms with Crippen LogP contribution in [-0.2, 0) is 0 Å². The molecule has 0 aliphatic rings. The third-order valence-electron chi connectivity index (χ3n) is 3.59. The van der Waals surface area contributed by atoms with Crippen LogP contribution >= 0.6 is 0 Å². The Morgan fingerprint density at radius 3 is 2.04 bits per heavy atom. The highest BCUT2D eigenvalue weighted by Gasteiger charge is 2.12. The van der Waals surface area contributed by atoms with Crippen LogP contribution in [-0.4, -0.2) is 25.6 Å². The van der Waals surface area contributed by atoms with Gasteiger partial charge in [0.25, 0.3) is 11.3 Å². The van der Waals surface area contributed by atoms with E-state index in [0.29, 0.717) is 17.1 Å². The van der Waals surface area contributed by atoms with Crippen molar-refractivity contribution >= 4 is 16.7 Å². The summed E-state index contributed by atoms with van der Waals surface area (Å²) in [5.41, 5.74) is 0.0813. The Labute approximate surface area is 152 Å². The number of fused-ring (bicyclic) bond motifs is 1. The molecule has 27 heavy (non-hydrogen) atoms. The summed E-state index contributed by atoms with van der Waals surface area (Å²) in [7, 11) is 2.99. The predicted octanol–water partition coefficient (Wildman–Crippen LogP) is -0.721. The summed E-state index contributed by atoms with van der Waals surface area (Å²) in [6, 6.07) is 11.1. The Bertz CT molecular complexity index is 1090. The lowest BCUT2D eigenvalue weighted by atomic mass is 10.2. The Morgan fingerprint density at radius 1 is 0.852 bits per heavy atom. The molecular formula is C18H18N2O7. The molecule has 0 fully saturated rings. The monoisotopic (exact) mass is 374 g/mol. The number of rotatable bonds is 3. The van der Waals surface area contributed by atoms with E-state index < -0.39 is 16.3 Å². The maximum Gasteiger partial charge on any atom is 0.273 e. The molecule has 0 radical (unpaired) electrons. The number of hydrazine groups is 1. The van der Waals surface area contributed by atoms with Gasteiger partial charge in [-0.05, 0) is 36.4 Å². The molecule has 9 heteroatoms. The van der Waals surface area contributed by atoms with Crippen molar-refractivity contribution in [1.29, 1.82) is 0 Å². The lowest BCUT2D eigenvalue weighted by molar-refractivity contribution is 0.0953. The first-order valence-electron chi connectivity index (χ1n) is 7.39. The number of hydrogen-bond donors (Lipinski definition) is 2. The standard InChI is InChI=1S/C10H6O4.C8H10N2O2.H2O/c1-14-5-2-3-6-7(4-5)9(12)10(13)8(6)11;1-12-7-4-2-3-6(5-7)8(11)10-9;/h2-4H,1H3;2-5H,9H2,1H3,(H,10,11);1H2. The minimum absolute atomic E-state index is 0. The van der Waals surface area contributed by atoms with Gasteiger partial charge in [-0.2, -0.15) is 0 Å². The van der Waals surface area contributed by atoms with Crippen molar-refractivity contribution in [2.75, 3.05) is 14.2 Å². The number of carbonyl (C=O) groups is 1. The summed E-state index contributed by atoms with van der Waals surface area (Å²) >= 11 is 0. The van der Waals surface area contributed by atoms with Crippen molar-refractivity contribution in [2.24, 2.45) is 5.84 Å². The van der Waals surface area contributed by atoms with Crippen LogP contribution in [0.1, 0.15) is 10.4 Å². The van der Waals surface area contributed by atoms with Gasteiger partial charge in [0.1, 0.15) is 11.5 Å². The highest BCUT2D eigenvalue weighted by Crippen LogP contribution is 2.14. The van der Waals surface area contributed by atoms with Gasteiger partial charge in [-0.15, -0.1) is 0 Å². The molecule has 0 unspecified atom stereocenters. The highest BCUT2D eigenvalue weighted by molar-refractivity contribution is 5.94. The average Bonchev–Trinajstić information content (AvgIpc) is 2.91. The summed E-state index contributed by atoms with van der Waals surface area (Å²) in [5.74, 6) is 5.72. The van der Waals surface area contributed by atoms with E-state index in [0.717, 1.165) is 0 Å². The van der Waals surface area contributed by atoms with E-state index in [4.69, 9.17) is 15.3 Å². The van der Waals surface area contributed by atoms with E-state index in [-0.39, 0.29) is 22.2 Å². The van der Waals surface area contributed by atoms with E-state index in [1.807, 2.05) is 5.43 Å². The van der Waals surface area contributed by atoms with Gasteiger partial charge in [0, 0.05) is 16.3 Å². The topological polar surface area (TPSA) is 156 Å². The Balaban J connectivity index is 0.000000264. The number of nitrogen functional groups attached to an aromatic ring is 1. The van der Waals surface area contributed by atoms with Crippen molar-refractivity contribution in [3.63, 3.8) is 0 Å². The third kappa shape index (κ3) is 4.54. The van der Waals surface area contributed by atoms with Gasteiger partial charge in [0.05, 0.1) is 14.2 Å². The molecule has 0 bridgehead atoms. The number of methoxy groups -OCH3 is 2. The zero-order valence-corrected chi connectivity index (χ0v) is 14.6. The van der Waals surface area contributed by atoms with Crippen LogP contribution in [0.2, 0.25) is 0 Å². The second-order valence-corrected chi connectivity index (χ2v) is 5.10. The predicted molar refractivity (Wildman–Crippen MR) is 99.9 cm³/mol. The Kier molecular flexibility index (Phi) is 7.34. The summed E-state index contributed by atoms with van der Waals surface area (Å²) in [6.07, 6.45) is 0. The Hall–Kier alpha value is -3.56. The van der Waals surface area contributed by atoms with Gasteiger partial charge >= 0.3 is 0 Å². The second kappa shape index (κ2) is 9.22. The molecule has 3 aromatic carbocycles. The van der Waals surface area contributed by atoms with Crippen LogP contribution in [0.15, 0.2) is 56.8 Å². The second-order valence-electron chi connectivity index (χ2n) is 5.10. The van der Waals surface area contributed by atoms with Crippen LogP contribution in [0.4, 0.5) is 0 Å². The molecule has 0 atom stereocenters. The van der Waals surface area contributed by atoms with Gasteiger partial charge in [-0.3, -0.25) is 24.6 Å². The number of ether oxygens (including phenoxy) is 2. The van der Waals surface area contributed by atoms with Crippen molar-refractivity contribution in [3.8, 4) is 11.5 Å². The van der Waals surface area contributed by atoms with Gasteiger partial charge in [-0.25, -0.2) is 5.84 Å². The van der Waals surface area contributed by atoms with Crippen LogP contribution in [0, 0.1) is 0 Å². The average molecular weight is 374 g/mol. The van der Waals surface area contributed by atoms with E-state index in [9.17, 15) is 19.2 Å². The van der Waals surface area contributed by atoms with Gasteiger partial charge in [0.2, 0.25) is 10.9 Å². The fourth-order valence-corrected chi connectivity index (χ4v) is 2.23. The first-order valence-corrected chi connectivity index (χ1v) is 7.39. The largest absolute Gasteiger partial charge is 0.497 e. The fraction of sp³-hybridized carbons (Fsp3) is 0.111. The van der Waals surface area contributed by atoms with Crippen molar-refractivity contribution in [3.05, 3.63) is 78.7 Å². The van der Waals surface area contributed by atoms with Gasteiger partial charge < -0.3 is 14.9 Å². The van der Waals surface area contributed by atoms with Crippen molar-refractivity contribution in [2.45, 2.75) is 0 Å². The van der Waals surface area contributed by atoms with Gasteiger partial charge in [0.15, 0.2) is 0 Å². The van der Waals surface area contributed by atoms with Crippen LogP contribution in [0.3, 0.4) is 0 Å². The molecule has 0 saturated carbocycles. The summed E-state index contributed by atoms with van der Waals surface area (Å²) in [5, 5.41) is 0.306. The molecule has 0 aliphatic carbocycles. The normalized spacial score (nSPS) is 9.59. The van der Waals surface area contributed by atoms with Crippen molar-refractivity contribution < 1.29 is 19.7 Å². The summed E-state index contributed by atoms with van der Waals surface area (Å²) in [6.45, 7) is 0. The lowest BCUT2D eigenvalue weighted by Gasteiger charge is -2.01. The number of nitrogens with one attached hydrogen (secondary N) is 1. The minimum Gasteiger partial charge on any atom is -0.497 e. The lowest BCUT2D eigenvalue weighted by Crippen LogP contribution is -2.29. The number of benzene rings is 2. The zero-order valence-electron chi connectivity index (χ0n) is 14.6. The molecule has 3 aromatic rings. The van der Waals surface area contributed by atoms with Crippen molar-refractivity contribution in [1.82, 2.24) is 5.43 Å². The smallest absolute Gasteiger partial charge is 0.273 e. The summed E-state index contributed by atoms with van der Waals surface area (Å²) < 4.78 is 9.81.